The van der Waals surface area contributed by atoms with Gasteiger partial charge in [0, 0.05) is 0 Å². The highest BCUT2D eigenvalue weighted by molar-refractivity contribution is 5.07. The highest BCUT2D eigenvalue weighted by Crippen LogP contribution is 2.18. The quantitative estimate of drug-likeness (QED) is 0.376. The molecule has 0 saturated carbocycles. The Morgan fingerprint density at radius 2 is 2.08 bits per heavy atom. The van der Waals surface area contributed by atoms with E-state index in [4.69, 9.17) is 0 Å². The van der Waals surface area contributed by atoms with Crippen molar-refractivity contribution in [3.8, 4) is 0 Å². The summed E-state index contributed by atoms with van der Waals surface area (Å²) in [6, 6.07) is 0. The average molecular weight is 162 g/mol. The van der Waals surface area contributed by atoms with E-state index in [0.717, 1.165) is 12.3 Å². The molecule has 0 radical (unpaired) electrons. The van der Waals surface area contributed by atoms with Gasteiger partial charge >= 0.3 is 0 Å². The first-order valence-electron chi connectivity index (χ1n) is 4.77. The Labute approximate surface area is 75.7 Å². The molecule has 1 aliphatic carbocycles. The molecule has 2 unspecified atom stereocenters. The summed E-state index contributed by atoms with van der Waals surface area (Å²) in [4.78, 5) is 0. The second-order valence-electron chi connectivity index (χ2n) is 3.84. The monoisotopic (exact) mass is 162 g/mol. The molecule has 0 N–H and O–H groups in total. The largest absolute Gasteiger partial charge is 0.126 e. The Balaban J connectivity index is 2.80. The SMILES string of the molecule is CC1=C=CC(C)C(C)CC=CC1. The molecule has 0 saturated heterocycles. The first kappa shape index (κ1) is 9.35. The molecule has 1 rings (SSSR count). The van der Waals surface area contributed by atoms with Crippen molar-refractivity contribution in [2.75, 3.05) is 0 Å². The summed E-state index contributed by atoms with van der Waals surface area (Å²) in [5.74, 6) is 1.40. The van der Waals surface area contributed by atoms with Gasteiger partial charge in [0.25, 0.3) is 0 Å². The molecule has 0 aromatic rings. The van der Waals surface area contributed by atoms with Crippen molar-refractivity contribution in [2.45, 2.75) is 33.6 Å². The molecule has 0 spiro atoms. The molecule has 0 heterocycles. The van der Waals surface area contributed by atoms with Gasteiger partial charge in [0.15, 0.2) is 0 Å². The van der Waals surface area contributed by atoms with Gasteiger partial charge in [-0.2, -0.15) is 0 Å². The summed E-state index contributed by atoms with van der Waals surface area (Å²) < 4.78 is 0. The summed E-state index contributed by atoms with van der Waals surface area (Å²) in [6.45, 7) is 6.71. The van der Waals surface area contributed by atoms with E-state index in [-0.39, 0.29) is 0 Å². The number of allylic oxidation sites excluding steroid dienone is 3. The highest BCUT2D eigenvalue weighted by Gasteiger charge is 2.07. The lowest BCUT2D eigenvalue weighted by Gasteiger charge is -2.12. The fourth-order valence-electron chi connectivity index (χ4n) is 1.28. The minimum Gasteiger partial charge on any atom is -0.126 e. The second kappa shape index (κ2) is 4.33. The number of hydrogen-bond acceptors (Lipinski definition) is 0. The molecule has 0 nitrogen and oxygen atoms in total. The highest BCUT2D eigenvalue weighted by atomic mass is 14.1. The Hall–Kier alpha value is -0.740. The van der Waals surface area contributed by atoms with Crippen molar-refractivity contribution in [1.82, 2.24) is 0 Å². The zero-order valence-electron chi connectivity index (χ0n) is 8.30. The number of hydrogen-bond donors (Lipinski definition) is 0. The van der Waals surface area contributed by atoms with E-state index in [1.165, 1.54) is 12.0 Å². The van der Waals surface area contributed by atoms with Gasteiger partial charge in [-0.25, -0.2) is 0 Å². The molecule has 2 atom stereocenters. The van der Waals surface area contributed by atoms with Crippen LogP contribution in [0.5, 0.6) is 0 Å². The molecule has 0 aliphatic heterocycles. The van der Waals surface area contributed by atoms with Crippen molar-refractivity contribution >= 4 is 0 Å². The minimum absolute atomic E-state index is 0.655. The fourth-order valence-corrected chi connectivity index (χ4v) is 1.28. The Bertz CT molecular complexity index is 226. The Morgan fingerprint density at radius 3 is 2.83 bits per heavy atom. The van der Waals surface area contributed by atoms with Crippen LogP contribution in [0.1, 0.15) is 33.6 Å². The molecule has 0 fully saturated rings. The number of rotatable bonds is 0. The maximum Gasteiger partial charge on any atom is -0.00654 e. The Kier molecular flexibility index (Phi) is 3.37. The molecule has 0 aromatic heterocycles. The van der Waals surface area contributed by atoms with E-state index in [9.17, 15) is 0 Å². The smallest absolute Gasteiger partial charge is 0.00654 e. The lowest BCUT2D eigenvalue weighted by molar-refractivity contribution is 0.466. The predicted molar refractivity (Wildman–Crippen MR) is 54.0 cm³/mol. The third-order valence-corrected chi connectivity index (χ3v) is 2.59. The van der Waals surface area contributed by atoms with Crippen LogP contribution in [-0.4, -0.2) is 0 Å². The molecule has 0 aromatic carbocycles. The summed E-state index contributed by atoms with van der Waals surface area (Å²) >= 11 is 0. The predicted octanol–water partition coefficient (Wildman–Crippen LogP) is 3.71. The first-order chi connectivity index (χ1) is 5.70. The lowest BCUT2D eigenvalue weighted by Crippen LogP contribution is -2.02. The standard InChI is InChI=1S/C12H18/c1-10-6-4-5-7-11(2)12(3)9-8-10/h4-5,9,11-12H,6-7H2,1-3H3. The van der Waals surface area contributed by atoms with Gasteiger partial charge in [0.05, 0.1) is 0 Å². The van der Waals surface area contributed by atoms with E-state index in [1.807, 2.05) is 0 Å². The van der Waals surface area contributed by atoms with Gasteiger partial charge in [-0.15, -0.1) is 5.73 Å². The molecule has 0 bridgehead atoms. The van der Waals surface area contributed by atoms with Crippen LogP contribution < -0.4 is 0 Å². The third kappa shape index (κ3) is 2.71. The van der Waals surface area contributed by atoms with Crippen LogP contribution in [0, 0.1) is 11.8 Å². The van der Waals surface area contributed by atoms with Crippen LogP contribution in [-0.2, 0) is 0 Å². The van der Waals surface area contributed by atoms with Gasteiger partial charge in [0.1, 0.15) is 0 Å². The van der Waals surface area contributed by atoms with Crippen LogP contribution in [0.2, 0.25) is 0 Å². The summed E-state index contributed by atoms with van der Waals surface area (Å²) in [7, 11) is 0. The van der Waals surface area contributed by atoms with Crippen molar-refractivity contribution in [3.05, 3.63) is 29.5 Å². The van der Waals surface area contributed by atoms with Gasteiger partial charge in [0.2, 0.25) is 0 Å². The van der Waals surface area contributed by atoms with Gasteiger partial charge < -0.3 is 0 Å². The van der Waals surface area contributed by atoms with E-state index >= 15 is 0 Å². The molecule has 12 heavy (non-hydrogen) atoms. The van der Waals surface area contributed by atoms with Gasteiger partial charge in [-0.05, 0) is 43.3 Å². The van der Waals surface area contributed by atoms with Crippen molar-refractivity contribution in [3.63, 3.8) is 0 Å². The Morgan fingerprint density at radius 1 is 1.33 bits per heavy atom. The maximum atomic E-state index is 3.35. The normalized spacial score (nSPS) is 30.4. The van der Waals surface area contributed by atoms with Crippen molar-refractivity contribution < 1.29 is 0 Å². The molecular weight excluding hydrogens is 144 g/mol. The van der Waals surface area contributed by atoms with Crippen LogP contribution in [0.25, 0.3) is 0 Å². The zero-order valence-corrected chi connectivity index (χ0v) is 8.30. The van der Waals surface area contributed by atoms with Crippen molar-refractivity contribution in [1.29, 1.82) is 0 Å². The van der Waals surface area contributed by atoms with Gasteiger partial charge in [-0.1, -0.05) is 26.0 Å². The average Bonchev–Trinajstić information content (AvgIpc) is 2.11. The van der Waals surface area contributed by atoms with Crippen LogP contribution >= 0.6 is 0 Å². The van der Waals surface area contributed by atoms with Crippen molar-refractivity contribution in [2.24, 2.45) is 11.8 Å². The third-order valence-electron chi connectivity index (χ3n) is 2.59. The molecular formula is C12H18. The molecule has 0 heteroatoms. The van der Waals surface area contributed by atoms with E-state index in [1.54, 1.807) is 0 Å². The minimum atomic E-state index is 0.655. The maximum absolute atomic E-state index is 3.35. The topological polar surface area (TPSA) is 0 Å². The van der Waals surface area contributed by atoms with Crippen LogP contribution in [0.15, 0.2) is 29.5 Å². The van der Waals surface area contributed by atoms with Crippen LogP contribution in [0.4, 0.5) is 0 Å². The summed E-state index contributed by atoms with van der Waals surface area (Å²) in [5, 5.41) is 0. The summed E-state index contributed by atoms with van der Waals surface area (Å²) in [6.07, 6.45) is 9.03. The molecule has 66 valence electrons. The second-order valence-corrected chi connectivity index (χ2v) is 3.84. The first-order valence-corrected chi connectivity index (χ1v) is 4.77. The van der Waals surface area contributed by atoms with Gasteiger partial charge in [-0.3, -0.25) is 0 Å². The molecule has 1 aliphatic rings. The fraction of sp³-hybridized carbons (Fsp3) is 0.583. The lowest BCUT2D eigenvalue weighted by atomic mass is 9.93. The molecule has 0 amide bonds. The van der Waals surface area contributed by atoms with Crippen LogP contribution in [0.3, 0.4) is 0 Å². The van der Waals surface area contributed by atoms with E-state index in [0.29, 0.717) is 5.92 Å². The zero-order chi connectivity index (χ0) is 8.97. The van der Waals surface area contributed by atoms with E-state index in [2.05, 4.69) is 44.7 Å². The summed E-state index contributed by atoms with van der Waals surface area (Å²) in [5.41, 5.74) is 4.69. The van der Waals surface area contributed by atoms with E-state index < -0.39 is 0 Å².